The van der Waals surface area contributed by atoms with Crippen LogP contribution < -0.4 is 4.90 Å². The number of benzene rings is 8. The Morgan fingerprint density at radius 3 is 1.68 bits per heavy atom. The minimum Gasteiger partial charge on any atom is -0.456 e. The summed E-state index contributed by atoms with van der Waals surface area (Å²) in [5.74, 6) is 0. The Morgan fingerprint density at radius 2 is 0.864 bits per heavy atom. The minimum absolute atomic E-state index is 0.894. The lowest BCUT2D eigenvalue weighted by atomic mass is 9.96. The summed E-state index contributed by atoms with van der Waals surface area (Å²) in [6, 6.07) is 58.7. The van der Waals surface area contributed by atoms with Gasteiger partial charge in [0.2, 0.25) is 0 Å². The summed E-state index contributed by atoms with van der Waals surface area (Å²) in [6.45, 7) is 0. The predicted octanol–water partition coefficient (Wildman–Crippen LogP) is 12.2. The zero-order valence-electron chi connectivity index (χ0n) is 23.9. The monoisotopic (exact) mass is 561 g/mol. The van der Waals surface area contributed by atoms with Crippen molar-refractivity contribution in [3.63, 3.8) is 0 Å². The van der Waals surface area contributed by atoms with Crippen molar-refractivity contribution in [1.82, 2.24) is 0 Å². The number of hydrogen-bond donors (Lipinski definition) is 0. The SMILES string of the molecule is c1ccc(-c2ccc(N(c3ccc4ccc5c6ccccc6ccc5c4c3)c3ccc4oc5ccccc5c4c3)cc2)cc1. The number of para-hydroxylation sites is 1. The maximum absolute atomic E-state index is 6.19. The summed E-state index contributed by atoms with van der Waals surface area (Å²) in [5.41, 5.74) is 7.50. The zero-order valence-corrected chi connectivity index (χ0v) is 23.9. The van der Waals surface area contributed by atoms with Crippen molar-refractivity contribution in [2.24, 2.45) is 0 Å². The van der Waals surface area contributed by atoms with Crippen LogP contribution in [-0.2, 0) is 0 Å². The van der Waals surface area contributed by atoms with Crippen molar-refractivity contribution in [1.29, 1.82) is 0 Å². The van der Waals surface area contributed by atoms with Crippen molar-refractivity contribution in [3.05, 3.63) is 164 Å². The molecule has 9 rings (SSSR count). The van der Waals surface area contributed by atoms with Gasteiger partial charge in [-0.05, 0) is 92.0 Å². The lowest BCUT2D eigenvalue weighted by molar-refractivity contribution is 0.669. The molecule has 206 valence electrons. The third-order valence-corrected chi connectivity index (χ3v) is 8.84. The van der Waals surface area contributed by atoms with Crippen molar-refractivity contribution >= 4 is 71.3 Å². The van der Waals surface area contributed by atoms with Crippen LogP contribution in [-0.4, -0.2) is 0 Å². The number of fused-ring (bicyclic) bond motifs is 8. The second-order valence-corrected chi connectivity index (χ2v) is 11.4. The Labute approximate surface area is 255 Å². The van der Waals surface area contributed by atoms with Crippen LogP contribution >= 0.6 is 0 Å². The van der Waals surface area contributed by atoms with E-state index in [1.165, 1.54) is 43.4 Å². The fourth-order valence-corrected chi connectivity index (χ4v) is 6.68. The summed E-state index contributed by atoms with van der Waals surface area (Å²) in [7, 11) is 0. The average molecular weight is 562 g/mol. The summed E-state index contributed by atoms with van der Waals surface area (Å²) >= 11 is 0. The van der Waals surface area contributed by atoms with Crippen LogP contribution in [0.2, 0.25) is 0 Å². The van der Waals surface area contributed by atoms with E-state index in [2.05, 4.69) is 157 Å². The maximum atomic E-state index is 6.19. The van der Waals surface area contributed by atoms with Crippen LogP contribution in [0.1, 0.15) is 0 Å². The van der Waals surface area contributed by atoms with Gasteiger partial charge in [0.05, 0.1) is 0 Å². The van der Waals surface area contributed by atoms with E-state index in [-0.39, 0.29) is 0 Å². The topological polar surface area (TPSA) is 16.4 Å². The fraction of sp³-hybridized carbons (Fsp3) is 0. The molecule has 0 aliphatic rings. The van der Waals surface area contributed by atoms with Crippen molar-refractivity contribution < 1.29 is 4.42 Å². The number of rotatable bonds is 4. The molecule has 0 spiro atoms. The molecule has 2 nitrogen and oxygen atoms in total. The molecule has 0 atom stereocenters. The standard InChI is InChI=1S/C42H27NO/c1-2-8-28(9-3-1)29-14-19-32(20-15-29)43(34-22-25-42-40(27-34)38-12-6-7-13-41(38)44-42)33-21-16-31-18-23-36-35-11-5-4-10-30(35)17-24-37(36)39(31)26-33/h1-27H. The summed E-state index contributed by atoms with van der Waals surface area (Å²) in [4.78, 5) is 2.36. The molecule has 1 aromatic heterocycles. The van der Waals surface area contributed by atoms with E-state index in [1.807, 2.05) is 12.1 Å². The molecule has 0 saturated carbocycles. The van der Waals surface area contributed by atoms with Crippen LogP contribution in [0.15, 0.2) is 168 Å². The molecule has 1 heterocycles. The van der Waals surface area contributed by atoms with Crippen LogP contribution in [0.5, 0.6) is 0 Å². The third kappa shape index (κ3) is 3.96. The van der Waals surface area contributed by atoms with Crippen LogP contribution in [0.4, 0.5) is 17.1 Å². The molecule has 0 saturated heterocycles. The Hall–Kier alpha value is -5.86. The van der Waals surface area contributed by atoms with Crippen LogP contribution in [0.25, 0.3) is 65.4 Å². The Balaban J connectivity index is 1.26. The first-order valence-corrected chi connectivity index (χ1v) is 15.0. The van der Waals surface area contributed by atoms with E-state index in [4.69, 9.17) is 4.42 Å². The highest BCUT2D eigenvalue weighted by Gasteiger charge is 2.17. The highest BCUT2D eigenvalue weighted by molar-refractivity contribution is 6.18. The Morgan fingerprint density at radius 1 is 0.318 bits per heavy atom. The smallest absolute Gasteiger partial charge is 0.135 e. The molecular formula is C42H27NO. The van der Waals surface area contributed by atoms with Gasteiger partial charge in [-0.3, -0.25) is 0 Å². The van der Waals surface area contributed by atoms with E-state index in [0.717, 1.165) is 39.0 Å². The first-order chi connectivity index (χ1) is 21.8. The fourth-order valence-electron chi connectivity index (χ4n) is 6.68. The van der Waals surface area contributed by atoms with Gasteiger partial charge >= 0.3 is 0 Å². The van der Waals surface area contributed by atoms with Gasteiger partial charge in [0.15, 0.2) is 0 Å². The molecule has 0 aliphatic carbocycles. The molecule has 0 aliphatic heterocycles. The molecule has 44 heavy (non-hydrogen) atoms. The molecule has 0 fully saturated rings. The summed E-state index contributed by atoms with van der Waals surface area (Å²) < 4.78 is 6.19. The predicted molar refractivity (Wildman–Crippen MR) is 186 cm³/mol. The largest absolute Gasteiger partial charge is 0.456 e. The van der Waals surface area contributed by atoms with Crippen molar-refractivity contribution in [2.45, 2.75) is 0 Å². The second-order valence-electron chi connectivity index (χ2n) is 11.4. The molecule has 0 radical (unpaired) electrons. The maximum Gasteiger partial charge on any atom is 0.135 e. The molecule has 9 aromatic rings. The average Bonchev–Trinajstić information content (AvgIpc) is 3.47. The highest BCUT2D eigenvalue weighted by Crippen LogP contribution is 2.41. The Bertz CT molecular complexity index is 2490. The zero-order chi connectivity index (χ0) is 29.0. The first-order valence-electron chi connectivity index (χ1n) is 15.0. The van der Waals surface area contributed by atoms with Gasteiger partial charge in [-0.15, -0.1) is 0 Å². The molecule has 2 heteroatoms. The van der Waals surface area contributed by atoms with Gasteiger partial charge in [-0.2, -0.15) is 0 Å². The van der Waals surface area contributed by atoms with Crippen molar-refractivity contribution in [2.75, 3.05) is 4.90 Å². The van der Waals surface area contributed by atoms with Crippen LogP contribution in [0, 0.1) is 0 Å². The van der Waals surface area contributed by atoms with Gasteiger partial charge < -0.3 is 9.32 Å². The van der Waals surface area contributed by atoms with Gasteiger partial charge in [-0.1, -0.05) is 115 Å². The van der Waals surface area contributed by atoms with Gasteiger partial charge in [0.1, 0.15) is 11.2 Å². The van der Waals surface area contributed by atoms with Gasteiger partial charge in [0, 0.05) is 27.8 Å². The number of hydrogen-bond acceptors (Lipinski definition) is 2. The molecule has 0 unspecified atom stereocenters. The first kappa shape index (κ1) is 24.7. The Kier molecular flexibility index (Phi) is 5.54. The lowest BCUT2D eigenvalue weighted by Gasteiger charge is -2.26. The van der Waals surface area contributed by atoms with Crippen LogP contribution in [0.3, 0.4) is 0 Å². The van der Waals surface area contributed by atoms with Crippen molar-refractivity contribution in [3.8, 4) is 11.1 Å². The molecular weight excluding hydrogens is 534 g/mol. The normalized spacial score (nSPS) is 11.6. The van der Waals surface area contributed by atoms with E-state index >= 15 is 0 Å². The number of furan rings is 1. The molecule has 8 aromatic carbocycles. The van der Waals surface area contributed by atoms with Gasteiger partial charge in [-0.25, -0.2) is 0 Å². The second kappa shape index (κ2) is 9.86. The van der Waals surface area contributed by atoms with E-state index in [9.17, 15) is 0 Å². The summed E-state index contributed by atoms with van der Waals surface area (Å²) in [5, 5.41) is 9.79. The van der Waals surface area contributed by atoms with E-state index < -0.39 is 0 Å². The quantitative estimate of drug-likeness (QED) is 0.199. The van der Waals surface area contributed by atoms with Gasteiger partial charge in [0.25, 0.3) is 0 Å². The number of nitrogens with zero attached hydrogens (tertiary/aromatic N) is 1. The third-order valence-electron chi connectivity index (χ3n) is 8.84. The minimum atomic E-state index is 0.894. The van der Waals surface area contributed by atoms with E-state index in [0.29, 0.717) is 0 Å². The molecule has 0 N–H and O–H groups in total. The highest BCUT2D eigenvalue weighted by atomic mass is 16.3. The number of anilines is 3. The summed E-state index contributed by atoms with van der Waals surface area (Å²) in [6.07, 6.45) is 0. The lowest BCUT2D eigenvalue weighted by Crippen LogP contribution is -2.09. The molecule has 0 amide bonds. The molecule has 0 bridgehead atoms. The van der Waals surface area contributed by atoms with E-state index in [1.54, 1.807) is 0 Å².